The molecule has 0 saturated carbocycles. The lowest BCUT2D eigenvalue weighted by Gasteiger charge is -2.40. The van der Waals surface area contributed by atoms with Gasteiger partial charge in [0.1, 0.15) is 5.60 Å². The summed E-state index contributed by atoms with van der Waals surface area (Å²) in [5, 5.41) is 0. The quantitative estimate of drug-likeness (QED) is 0.692. The molecule has 0 unspecified atom stereocenters. The first kappa shape index (κ1) is 15.1. The molecule has 0 aromatic carbocycles. The second-order valence-corrected chi connectivity index (χ2v) is 6.07. The summed E-state index contributed by atoms with van der Waals surface area (Å²) in [6.45, 7) is 9.96. The van der Waals surface area contributed by atoms with Gasteiger partial charge in [-0.05, 0) is 53.4 Å². The molecule has 0 radical (unpaired) electrons. The van der Waals surface area contributed by atoms with E-state index in [9.17, 15) is 4.79 Å². The maximum Gasteiger partial charge on any atom is 0.411 e. The number of hydrogen-bond donors (Lipinski definition) is 0. The number of allylic oxidation sites excluding steroid dienone is 1. The van der Waals surface area contributed by atoms with E-state index in [1.165, 1.54) is 6.42 Å². The molecule has 1 rings (SSSR count). The Morgan fingerprint density at radius 2 is 2.06 bits per heavy atom. The molecular weight excluding hydrogens is 226 g/mol. The van der Waals surface area contributed by atoms with E-state index in [0.717, 1.165) is 19.3 Å². The number of carbonyl (C=O) groups excluding carboxylic acids is 1. The topological polar surface area (TPSA) is 29.5 Å². The Balaban J connectivity index is 2.77. The summed E-state index contributed by atoms with van der Waals surface area (Å²) in [5.41, 5.74) is -0.423. The van der Waals surface area contributed by atoms with Crippen molar-refractivity contribution in [1.29, 1.82) is 0 Å². The van der Waals surface area contributed by atoms with E-state index < -0.39 is 5.60 Å². The summed E-state index contributed by atoms with van der Waals surface area (Å²) < 4.78 is 5.51. The molecule has 1 aliphatic heterocycles. The summed E-state index contributed by atoms with van der Waals surface area (Å²) in [5.74, 6) is 0. The molecule has 0 aromatic heterocycles. The van der Waals surface area contributed by atoms with Gasteiger partial charge in [0, 0.05) is 6.04 Å². The van der Waals surface area contributed by atoms with Crippen LogP contribution < -0.4 is 0 Å². The molecule has 1 saturated heterocycles. The number of hydrogen-bond acceptors (Lipinski definition) is 2. The lowest BCUT2D eigenvalue weighted by Crippen LogP contribution is -2.49. The van der Waals surface area contributed by atoms with Crippen molar-refractivity contribution in [1.82, 2.24) is 4.90 Å². The van der Waals surface area contributed by atoms with Gasteiger partial charge in [-0.2, -0.15) is 0 Å². The predicted octanol–water partition coefficient (Wildman–Crippen LogP) is 4.13. The van der Waals surface area contributed by atoms with Crippen LogP contribution in [0.15, 0.2) is 12.2 Å². The van der Waals surface area contributed by atoms with Crippen molar-refractivity contribution >= 4 is 6.09 Å². The van der Waals surface area contributed by atoms with Crippen LogP contribution >= 0.6 is 0 Å². The largest absolute Gasteiger partial charge is 0.444 e. The number of carbonyl (C=O) groups is 1. The third-order valence-corrected chi connectivity index (χ3v) is 3.15. The van der Waals surface area contributed by atoms with Crippen LogP contribution in [0.2, 0.25) is 0 Å². The Kier molecular flexibility index (Phi) is 5.24. The first-order chi connectivity index (χ1) is 8.35. The molecule has 18 heavy (non-hydrogen) atoms. The minimum atomic E-state index is -0.423. The van der Waals surface area contributed by atoms with E-state index in [1.807, 2.05) is 25.7 Å². The third-order valence-electron chi connectivity index (χ3n) is 3.15. The monoisotopic (exact) mass is 253 g/mol. The van der Waals surface area contributed by atoms with Gasteiger partial charge in [0.2, 0.25) is 0 Å². The van der Waals surface area contributed by atoms with Crippen LogP contribution in [-0.4, -0.2) is 28.7 Å². The molecule has 1 amide bonds. The van der Waals surface area contributed by atoms with Gasteiger partial charge < -0.3 is 4.74 Å². The van der Waals surface area contributed by atoms with E-state index in [1.54, 1.807) is 0 Å². The van der Waals surface area contributed by atoms with Crippen LogP contribution in [0, 0.1) is 0 Å². The van der Waals surface area contributed by atoms with Crippen LogP contribution in [-0.2, 0) is 4.74 Å². The molecule has 1 heterocycles. The van der Waals surface area contributed by atoms with Gasteiger partial charge in [0.25, 0.3) is 0 Å². The fourth-order valence-electron chi connectivity index (χ4n) is 2.34. The first-order valence-corrected chi connectivity index (χ1v) is 7.03. The van der Waals surface area contributed by atoms with Gasteiger partial charge in [-0.1, -0.05) is 19.1 Å². The van der Waals surface area contributed by atoms with E-state index in [4.69, 9.17) is 4.74 Å². The Morgan fingerprint density at radius 1 is 1.39 bits per heavy atom. The van der Waals surface area contributed by atoms with Crippen LogP contribution in [0.3, 0.4) is 0 Å². The van der Waals surface area contributed by atoms with Crippen molar-refractivity contribution in [2.45, 2.75) is 78.0 Å². The zero-order valence-electron chi connectivity index (χ0n) is 12.4. The summed E-state index contributed by atoms with van der Waals surface area (Å²) in [6.07, 6.45) is 8.40. The molecule has 3 nitrogen and oxygen atoms in total. The van der Waals surface area contributed by atoms with Crippen molar-refractivity contribution in [3.63, 3.8) is 0 Å². The van der Waals surface area contributed by atoms with E-state index in [0.29, 0.717) is 0 Å². The fraction of sp³-hybridized carbons (Fsp3) is 0.800. The summed E-state index contributed by atoms with van der Waals surface area (Å²) in [7, 11) is 0. The van der Waals surface area contributed by atoms with E-state index >= 15 is 0 Å². The Morgan fingerprint density at radius 3 is 2.61 bits per heavy atom. The third kappa shape index (κ3) is 4.35. The Bertz CT molecular complexity index is 304. The molecule has 2 atom stereocenters. The molecule has 1 fully saturated rings. The number of nitrogens with zero attached hydrogens (tertiary/aromatic N) is 1. The minimum absolute atomic E-state index is 0.180. The highest BCUT2D eigenvalue weighted by atomic mass is 16.6. The highest BCUT2D eigenvalue weighted by Crippen LogP contribution is 2.26. The van der Waals surface area contributed by atoms with Crippen molar-refractivity contribution in [3.05, 3.63) is 12.2 Å². The molecule has 0 aromatic rings. The SMILES string of the molecule is CCC=C[C@H]1CCC[C@H](C)N1C(=O)OC(C)(C)C. The normalized spacial score (nSPS) is 25.5. The van der Waals surface area contributed by atoms with E-state index in [2.05, 4.69) is 26.0 Å². The van der Waals surface area contributed by atoms with Crippen molar-refractivity contribution < 1.29 is 9.53 Å². The fourth-order valence-corrected chi connectivity index (χ4v) is 2.34. The lowest BCUT2D eigenvalue weighted by atomic mass is 9.96. The van der Waals surface area contributed by atoms with Gasteiger partial charge in [0.05, 0.1) is 6.04 Å². The number of ether oxygens (including phenoxy) is 1. The van der Waals surface area contributed by atoms with Gasteiger partial charge >= 0.3 is 6.09 Å². The first-order valence-electron chi connectivity index (χ1n) is 7.03. The lowest BCUT2D eigenvalue weighted by molar-refractivity contribution is 0.00359. The molecule has 1 aliphatic rings. The van der Waals surface area contributed by atoms with Crippen LogP contribution in [0.4, 0.5) is 4.79 Å². The van der Waals surface area contributed by atoms with Crippen molar-refractivity contribution in [2.24, 2.45) is 0 Å². The van der Waals surface area contributed by atoms with E-state index in [-0.39, 0.29) is 18.2 Å². The van der Waals surface area contributed by atoms with Crippen molar-refractivity contribution in [3.8, 4) is 0 Å². The molecule has 104 valence electrons. The number of amides is 1. The van der Waals surface area contributed by atoms with Gasteiger partial charge in [-0.25, -0.2) is 4.79 Å². The molecule has 0 bridgehead atoms. The smallest absolute Gasteiger partial charge is 0.411 e. The average molecular weight is 253 g/mol. The predicted molar refractivity (Wildman–Crippen MR) is 74.6 cm³/mol. The zero-order valence-corrected chi connectivity index (χ0v) is 12.4. The summed E-state index contributed by atoms with van der Waals surface area (Å²) in [4.78, 5) is 14.2. The van der Waals surface area contributed by atoms with Crippen LogP contribution in [0.1, 0.15) is 60.3 Å². The molecule has 3 heteroatoms. The molecule has 0 aliphatic carbocycles. The molecular formula is C15H27NO2. The number of piperidine rings is 1. The Hall–Kier alpha value is -0.990. The maximum absolute atomic E-state index is 12.3. The highest BCUT2D eigenvalue weighted by Gasteiger charge is 2.33. The highest BCUT2D eigenvalue weighted by molar-refractivity contribution is 5.69. The van der Waals surface area contributed by atoms with Crippen LogP contribution in [0.25, 0.3) is 0 Å². The summed E-state index contributed by atoms with van der Waals surface area (Å²) >= 11 is 0. The van der Waals surface area contributed by atoms with Gasteiger partial charge in [-0.15, -0.1) is 0 Å². The zero-order chi connectivity index (χ0) is 13.8. The van der Waals surface area contributed by atoms with Gasteiger partial charge in [-0.3, -0.25) is 4.90 Å². The standard InChI is InChI=1S/C15H27NO2/c1-6-7-10-13-11-8-9-12(2)16(13)14(17)18-15(3,4)5/h7,10,12-13H,6,8-9,11H2,1-5H3/t12-,13-/m0/s1. The maximum atomic E-state index is 12.3. The molecule has 0 spiro atoms. The Labute approximate surface area is 111 Å². The molecule has 0 N–H and O–H groups in total. The van der Waals surface area contributed by atoms with Gasteiger partial charge in [0.15, 0.2) is 0 Å². The van der Waals surface area contributed by atoms with Crippen molar-refractivity contribution in [2.75, 3.05) is 0 Å². The minimum Gasteiger partial charge on any atom is -0.444 e. The number of rotatable bonds is 2. The second-order valence-electron chi connectivity index (χ2n) is 6.07. The van der Waals surface area contributed by atoms with Crippen LogP contribution in [0.5, 0.6) is 0 Å². The number of likely N-dealkylation sites (tertiary alicyclic amines) is 1. The summed E-state index contributed by atoms with van der Waals surface area (Å²) in [6, 6.07) is 0.462. The second kappa shape index (κ2) is 6.26. The average Bonchev–Trinajstić information content (AvgIpc) is 2.23.